The highest BCUT2D eigenvalue weighted by atomic mass is 16.5. The summed E-state index contributed by atoms with van der Waals surface area (Å²) >= 11 is 0. The molecule has 2 aromatic rings. The maximum atomic E-state index is 5.89. The van der Waals surface area contributed by atoms with E-state index in [1.54, 1.807) is 6.20 Å². The lowest BCUT2D eigenvalue weighted by Crippen LogP contribution is -2.31. The molecule has 112 valence electrons. The number of aromatic nitrogens is 2. The van der Waals surface area contributed by atoms with Crippen LogP contribution in [0.15, 0.2) is 30.5 Å². The molecule has 0 atom stereocenters. The molecule has 1 aliphatic rings. The normalized spacial score (nSPS) is 22.3. The van der Waals surface area contributed by atoms with E-state index in [1.807, 2.05) is 24.3 Å². The fourth-order valence-corrected chi connectivity index (χ4v) is 2.70. The van der Waals surface area contributed by atoms with Crippen LogP contribution in [-0.4, -0.2) is 35.3 Å². The summed E-state index contributed by atoms with van der Waals surface area (Å²) < 4.78 is 5.87. The van der Waals surface area contributed by atoms with Gasteiger partial charge in [-0.25, -0.2) is 4.98 Å². The molecule has 0 amide bonds. The van der Waals surface area contributed by atoms with Gasteiger partial charge in [-0.2, -0.15) is 0 Å². The van der Waals surface area contributed by atoms with E-state index in [9.17, 15) is 0 Å². The molecule has 1 aromatic carbocycles. The number of anilines is 1. The largest absolute Gasteiger partial charge is 0.376 e. The van der Waals surface area contributed by atoms with Gasteiger partial charge in [0.2, 0.25) is 0 Å². The number of nitrogens with zero attached hydrogens (tertiary/aromatic N) is 2. The number of hydrogen-bond donors (Lipinski definition) is 2. The quantitative estimate of drug-likeness (QED) is 0.825. The second-order valence-electron chi connectivity index (χ2n) is 5.58. The smallest absolute Gasteiger partial charge is 0.145 e. The average molecular weight is 286 g/mol. The number of para-hydroxylation sites is 2. The van der Waals surface area contributed by atoms with Gasteiger partial charge in [-0.3, -0.25) is 4.98 Å². The maximum absolute atomic E-state index is 5.89. The first kappa shape index (κ1) is 14.2. The van der Waals surface area contributed by atoms with Crippen LogP contribution >= 0.6 is 0 Å². The Balaban J connectivity index is 1.44. The Labute approximate surface area is 124 Å². The highest BCUT2D eigenvalue weighted by molar-refractivity contribution is 5.75. The van der Waals surface area contributed by atoms with Crippen molar-refractivity contribution in [3.05, 3.63) is 30.5 Å². The first-order valence-corrected chi connectivity index (χ1v) is 7.64. The van der Waals surface area contributed by atoms with Crippen molar-refractivity contribution in [2.45, 2.75) is 37.8 Å². The Hall–Kier alpha value is -1.72. The number of nitrogens with one attached hydrogen (secondary N) is 1. The van der Waals surface area contributed by atoms with Crippen LogP contribution in [0.4, 0.5) is 5.82 Å². The predicted molar refractivity (Wildman–Crippen MR) is 84.2 cm³/mol. The van der Waals surface area contributed by atoms with Crippen LogP contribution in [0.3, 0.4) is 0 Å². The molecule has 1 aromatic heterocycles. The zero-order valence-corrected chi connectivity index (χ0v) is 12.2. The molecular formula is C16H22N4O. The van der Waals surface area contributed by atoms with Crippen molar-refractivity contribution in [3.8, 4) is 0 Å². The van der Waals surface area contributed by atoms with E-state index < -0.39 is 0 Å². The third kappa shape index (κ3) is 3.89. The number of fused-ring (bicyclic) bond motifs is 1. The van der Waals surface area contributed by atoms with Crippen molar-refractivity contribution in [1.82, 2.24) is 9.97 Å². The van der Waals surface area contributed by atoms with Gasteiger partial charge in [0.05, 0.1) is 29.9 Å². The van der Waals surface area contributed by atoms with Crippen molar-refractivity contribution >= 4 is 16.9 Å². The number of ether oxygens (including phenoxy) is 1. The van der Waals surface area contributed by atoms with Gasteiger partial charge in [0.25, 0.3) is 0 Å². The van der Waals surface area contributed by atoms with E-state index in [-0.39, 0.29) is 0 Å². The monoisotopic (exact) mass is 286 g/mol. The van der Waals surface area contributed by atoms with Gasteiger partial charge < -0.3 is 15.8 Å². The number of rotatable bonds is 5. The van der Waals surface area contributed by atoms with E-state index in [2.05, 4.69) is 15.3 Å². The van der Waals surface area contributed by atoms with Crippen molar-refractivity contribution in [1.29, 1.82) is 0 Å². The summed E-state index contributed by atoms with van der Waals surface area (Å²) in [5.74, 6) is 0.794. The molecule has 0 unspecified atom stereocenters. The van der Waals surface area contributed by atoms with E-state index >= 15 is 0 Å². The Morgan fingerprint density at radius 3 is 2.71 bits per heavy atom. The molecule has 0 aliphatic heterocycles. The number of nitrogens with two attached hydrogens (primary N) is 1. The fraction of sp³-hybridized carbons (Fsp3) is 0.500. The molecule has 0 saturated heterocycles. The number of benzene rings is 1. The summed E-state index contributed by atoms with van der Waals surface area (Å²) in [6.07, 6.45) is 6.45. The Kier molecular flexibility index (Phi) is 4.62. The molecule has 0 spiro atoms. The molecule has 21 heavy (non-hydrogen) atoms. The van der Waals surface area contributed by atoms with E-state index in [0.717, 1.165) is 49.1 Å². The highest BCUT2D eigenvalue weighted by Crippen LogP contribution is 2.19. The van der Waals surface area contributed by atoms with E-state index in [1.165, 1.54) is 0 Å². The van der Waals surface area contributed by atoms with Crippen molar-refractivity contribution < 1.29 is 4.74 Å². The molecule has 0 bridgehead atoms. The van der Waals surface area contributed by atoms with Crippen LogP contribution in [-0.2, 0) is 4.74 Å². The van der Waals surface area contributed by atoms with Gasteiger partial charge in [0, 0.05) is 12.6 Å². The standard InChI is InChI=1S/C16H22N4O/c17-12-5-7-13(8-6-12)21-10-9-18-16-11-19-14-3-1-2-4-15(14)20-16/h1-4,11-13H,5-10,17H2,(H,18,20). The van der Waals surface area contributed by atoms with Crippen LogP contribution in [0.5, 0.6) is 0 Å². The topological polar surface area (TPSA) is 73.1 Å². The zero-order valence-electron chi connectivity index (χ0n) is 12.2. The molecule has 3 rings (SSSR count). The summed E-state index contributed by atoms with van der Waals surface area (Å²) in [6.45, 7) is 1.43. The van der Waals surface area contributed by atoms with E-state index in [4.69, 9.17) is 10.5 Å². The number of hydrogen-bond acceptors (Lipinski definition) is 5. The van der Waals surface area contributed by atoms with Crippen LogP contribution in [0, 0.1) is 0 Å². The summed E-state index contributed by atoms with van der Waals surface area (Å²) in [7, 11) is 0. The molecule has 0 radical (unpaired) electrons. The van der Waals surface area contributed by atoms with Crippen molar-refractivity contribution in [2.24, 2.45) is 5.73 Å². The van der Waals surface area contributed by atoms with Gasteiger partial charge in [-0.1, -0.05) is 12.1 Å². The minimum absolute atomic E-state index is 0.370. The van der Waals surface area contributed by atoms with E-state index in [0.29, 0.717) is 18.8 Å². The van der Waals surface area contributed by atoms with Crippen molar-refractivity contribution in [3.63, 3.8) is 0 Å². The molecular weight excluding hydrogens is 264 g/mol. The van der Waals surface area contributed by atoms with Gasteiger partial charge >= 0.3 is 0 Å². The molecule has 1 aliphatic carbocycles. The van der Waals surface area contributed by atoms with Gasteiger partial charge in [0.15, 0.2) is 0 Å². The molecule has 1 fully saturated rings. The molecule has 1 heterocycles. The summed E-state index contributed by atoms with van der Waals surface area (Å²) in [6, 6.07) is 8.24. The minimum atomic E-state index is 0.370. The first-order valence-electron chi connectivity index (χ1n) is 7.64. The van der Waals surface area contributed by atoms with Crippen molar-refractivity contribution in [2.75, 3.05) is 18.5 Å². The predicted octanol–water partition coefficient (Wildman–Crippen LogP) is 2.33. The molecule has 5 nitrogen and oxygen atoms in total. The third-order valence-corrected chi connectivity index (χ3v) is 3.93. The zero-order chi connectivity index (χ0) is 14.5. The van der Waals surface area contributed by atoms with Crippen LogP contribution < -0.4 is 11.1 Å². The molecule has 5 heteroatoms. The van der Waals surface area contributed by atoms with Crippen LogP contribution in [0.1, 0.15) is 25.7 Å². The average Bonchev–Trinajstić information content (AvgIpc) is 2.53. The van der Waals surface area contributed by atoms with Gasteiger partial charge in [-0.05, 0) is 37.8 Å². The lowest BCUT2D eigenvalue weighted by molar-refractivity contribution is 0.0313. The molecule has 3 N–H and O–H groups in total. The Bertz CT molecular complexity index is 581. The SMILES string of the molecule is NC1CCC(OCCNc2cnc3ccccc3n2)CC1. The van der Waals surface area contributed by atoms with Gasteiger partial charge in [0.1, 0.15) is 5.82 Å². The maximum Gasteiger partial charge on any atom is 0.145 e. The molecule has 1 saturated carbocycles. The fourth-order valence-electron chi connectivity index (χ4n) is 2.70. The lowest BCUT2D eigenvalue weighted by atomic mass is 9.94. The van der Waals surface area contributed by atoms with Crippen LogP contribution in [0.2, 0.25) is 0 Å². The Morgan fingerprint density at radius 2 is 1.90 bits per heavy atom. The summed E-state index contributed by atoms with van der Waals surface area (Å²) in [5, 5.41) is 3.26. The minimum Gasteiger partial charge on any atom is -0.376 e. The first-order chi connectivity index (χ1) is 10.3. The highest BCUT2D eigenvalue weighted by Gasteiger charge is 2.18. The summed E-state index contributed by atoms with van der Waals surface area (Å²) in [4.78, 5) is 8.90. The third-order valence-electron chi connectivity index (χ3n) is 3.93. The van der Waals surface area contributed by atoms with Gasteiger partial charge in [-0.15, -0.1) is 0 Å². The summed E-state index contributed by atoms with van der Waals surface area (Å²) in [5.41, 5.74) is 7.71. The second kappa shape index (κ2) is 6.83. The Morgan fingerprint density at radius 1 is 1.14 bits per heavy atom. The van der Waals surface area contributed by atoms with Crippen LogP contribution in [0.25, 0.3) is 11.0 Å². The lowest BCUT2D eigenvalue weighted by Gasteiger charge is -2.26. The second-order valence-corrected chi connectivity index (χ2v) is 5.58.